The first-order valence-corrected chi connectivity index (χ1v) is 3.07. The van der Waals surface area contributed by atoms with Crippen molar-refractivity contribution in [2.75, 3.05) is 13.7 Å². The Morgan fingerprint density at radius 3 is 2.75 bits per heavy atom. The van der Waals surface area contributed by atoms with Gasteiger partial charge in [0.2, 0.25) is 5.91 Å². The molecule has 0 spiro atoms. The minimum absolute atomic E-state index is 0.258. The molecule has 0 saturated carbocycles. The average Bonchev–Trinajstić information content (AvgIpc) is 2.03. The number of nitrogens with two attached hydrogens (primary N) is 1. The molecule has 0 unspecified atom stereocenters. The van der Waals surface area contributed by atoms with E-state index >= 15 is 0 Å². The number of hydroxylamine groups is 1. The lowest BCUT2D eigenvalue weighted by molar-refractivity contribution is -0.134. The second-order valence-corrected chi connectivity index (χ2v) is 1.73. The van der Waals surface area contributed by atoms with Crippen molar-refractivity contribution in [1.82, 2.24) is 5.48 Å². The van der Waals surface area contributed by atoms with Crippen molar-refractivity contribution in [1.29, 1.82) is 0 Å². The Balaban J connectivity index is 3.36. The van der Waals surface area contributed by atoms with Crippen LogP contribution in [0.2, 0.25) is 0 Å². The summed E-state index contributed by atoms with van der Waals surface area (Å²) in [5.74, 6) is -1.13. The smallest absolute Gasteiger partial charge is 0.332 e. The number of rotatable bonds is 5. The lowest BCUT2D eigenvalue weighted by atomic mass is 10.6. The molecule has 0 fully saturated rings. The monoisotopic (exact) mass is 174 g/mol. The van der Waals surface area contributed by atoms with Crippen LogP contribution in [0.4, 0.5) is 0 Å². The number of hydrogen-bond donors (Lipinski definition) is 2. The molecule has 6 heteroatoms. The van der Waals surface area contributed by atoms with Crippen LogP contribution in [0.1, 0.15) is 0 Å². The molecule has 0 heterocycles. The minimum Gasteiger partial charge on any atom is -0.466 e. The summed E-state index contributed by atoms with van der Waals surface area (Å²) in [6.07, 6.45) is 2.29. The molecular weight excluding hydrogens is 164 g/mol. The van der Waals surface area contributed by atoms with Crippen molar-refractivity contribution in [2.45, 2.75) is 0 Å². The molecule has 0 radical (unpaired) electrons. The predicted molar refractivity (Wildman–Crippen MR) is 39.4 cm³/mol. The van der Waals surface area contributed by atoms with Crippen LogP contribution in [0, 0.1) is 0 Å². The zero-order chi connectivity index (χ0) is 9.40. The minimum atomic E-state index is -0.603. The van der Waals surface area contributed by atoms with Gasteiger partial charge >= 0.3 is 5.97 Å². The normalized spacial score (nSPS) is 9.75. The van der Waals surface area contributed by atoms with Crippen molar-refractivity contribution < 1.29 is 19.2 Å². The van der Waals surface area contributed by atoms with Gasteiger partial charge in [-0.25, -0.2) is 4.79 Å². The van der Waals surface area contributed by atoms with E-state index in [1.165, 1.54) is 13.3 Å². The zero-order valence-electron chi connectivity index (χ0n) is 6.57. The molecule has 0 aliphatic rings. The van der Waals surface area contributed by atoms with E-state index in [0.717, 1.165) is 6.08 Å². The maximum atomic E-state index is 10.4. The number of hydrogen-bond acceptors (Lipinski definition) is 5. The summed E-state index contributed by atoms with van der Waals surface area (Å²) in [5.41, 5.74) is 6.94. The largest absolute Gasteiger partial charge is 0.466 e. The summed E-state index contributed by atoms with van der Waals surface area (Å²) in [7, 11) is 1.25. The van der Waals surface area contributed by atoms with Gasteiger partial charge in [0.05, 0.1) is 7.11 Å². The van der Waals surface area contributed by atoms with Gasteiger partial charge in [-0.05, 0) is 0 Å². The van der Waals surface area contributed by atoms with E-state index in [1.54, 1.807) is 0 Å². The highest BCUT2D eigenvalue weighted by Crippen LogP contribution is 1.75. The van der Waals surface area contributed by atoms with Crippen LogP contribution in [0.25, 0.3) is 0 Å². The summed E-state index contributed by atoms with van der Waals surface area (Å²) in [6, 6.07) is 0. The molecule has 1 amide bonds. The first-order valence-electron chi connectivity index (χ1n) is 3.07. The first kappa shape index (κ1) is 10.4. The molecule has 12 heavy (non-hydrogen) atoms. The van der Waals surface area contributed by atoms with Gasteiger partial charge in [0.15, 0.2) is 6.61 Å². The van der Waals surface area contributed by atoms with Crippen LogP contribution in [-0.2, 0) is 19.2 Å². The summed E-state index contributed by atoms with van der Waals surface area (Å²) < 4.78 is 4.26. The molecule has 6 nitrogen and oxygen atoms in total. The predicted octanol–water partition coefficient (Wildman–Crippen LogP) is -1.32. The molecule has 0 aliphatic heterocycles. The number of carbonyl (C=O) groups excluding carboxylic acids is 2. The first-order chi connectivity index (χ1) is 5.66. The van der Waals surface area contributed by atoms with Crippen LogP contribution in [-0.4, -0.2) is 25.6 Å². The molecule has 0 aromatic heterocycles. The number of esters is 1. The molecule has 0 aromatic carbocycles. The van der Waals surface area contributed by atoms with E-state index in [4.69, 9.17) is 5.73 Å². The number of methoxy groups -OCH3 is 1. The highest BCUT2D eigenvalue weighted by molar-refractivity contribution is 5.81. The fraction of sp³-hybridized carbons (Fsp3) is 0.333. The number of ether oxygens (including phenoxy) is 1. The van der Waals surface area contributed by atoms with Crippen molar-refractivity contribution in [3.63, 3.8) is 0 Å². The van der Waals surface area contributed by atoms with E-state index in [1.807, 2.05) is 0 Å². The molecule has 3 N–H and O–H groups in total. The van der Waals surface area contributed by atoms with Gasteiger partial charge in [-0.3, -0.25) is 15.1 Å². The van der Waals surface area contributed by atoms with Gasteiger partial charge in [-0.15, -0.1) is 0 Å². The quantitative estimate of drug-likeness (QED) is 0.233. The molecular formula is C6H10N2O4. The van der Waals surface area contributed by atoms with Crippen LogP contribution < -0.4 is 11.2 Å². The van der Waals surface area contributed by atoms with Crippen LogP contribution >= 0.6 is 0 Å². The molecule has 0 saturated heterocycles. The topological polar surface area (TPSA) is 90.7 Å². The Morgan fingerprint density at radius 1 is 1.58 bits per heavy atom. The van der Waals surface area contributed by atoms with Crippen molar-refractivity contribution in [3.8, 4) is 0 Å². The molecule has 0 aliphatic carbocycles. The second kappa shape index (κ2) is 6.17. The molecule has 68 valence electrons. The second-order valence-electron chi connectivity index (χ2n) is 1.73. The number of amides is 1. The third kappa shape index (κ3) is 6.56. The van der Waals surface area contributed by atoms with Gasteiger partial charge in [0, 0.05) is 12.3 Å². The summed E-state index contributed by atoms with van der Waals surface area (Å²) in [4.78, 5) is 25.0. The average molecular weight is 174 g/mol. The number of carbonyl (C=O) groups is 2. The van der Waals surface area contributed by atoms with Crippen LogP contribution in [0.3, 0.4) is 0 Å². The number of primary amides is 1. The van der Waals surface area contributed by atoms with Gasteiger partial charge in [-0.1, -0.05) is 0 Å². The third-order valence-electron chi connectivity index (χ3n) is 0.786. The lowest BCUT2D eigenvalue weighted by Crippen LogP contribution is -2.22. The fourth-order valence-electron chi connectivity index (χ4n) is 0.331. The SMILES string of the molecule is COC(=O)/C=C/NOCC(N)=O. The Hall–Kier alpha value is -1.56. The van der Waals surface area contributed by atoms with E-state index in [-0.39, 0.29) is 6.61 Å². The molecule has 0 aromatic rings. The van der Waals surface area contributed by atoms with Gasteiger partial charge in [-0.2, -0.15) is 0 Å². The lowest BCUT2D eigenvalue weighted by Gasteiger charge is -1.97. The van der Waals surface area contributed by atoms with Crippen molar-refractivity contribution in [3.05, 3.63) is 12.3 Å². The Labute approximate surface area is 69.3 Å². The Bertz CT molecular complexity index is 190. The van der Waals surface area contributed by atoms with Gasteiger partial charge < -0.3 is 10.5 Å². The standard InChI is InChI=1S/C6H10N2O4/c1-11-6(10)2-3-8-12-4-5(7)9/h2-3,8H,4H2,1H3,(H2,7,9)/b3-2+. The van der Waals surface area contributed by atoms with E-state index in [0.29, 0.717) is 0 Å². The van der Waals surface area contributed by atoms with E-state index in [9.17, 15) is 9.59 Å². The van der Waals surface area contributed by atoms with Crippen molar-refractivity contribution in [2.24, 2.45) is 5.73 Å². The third-order valence-corrected chi connectivity index (χ3v) is 0.786. The van der Waals surface area contributed by atoms with Gasteiger partial charge in [0.1, 0.15) is 0 Å². The van der Waals surface area contributed by atoms with Crippen LogP contribution in [0.15, 0.2) is 12.3 Å². The van der Waals surface area contributed by atoms with E-state index < -0.39 is 11.9 Å². The van der Waals surface area contributed by atoms with Gasteiger partial charge in [0.25, 0.3) is 0 Å². The molecule has 0 bridgehead atoms. The maximum Gasteiger partial charge on any atom is 0.332 e. The van der Waals surface area contributed by atoms with Crippen LogP contribution in [0.5, 0.6) is 0 Å². The zero-order valence-corrected chi connectivity index (χ0v) is 6.57. The molecule has 0 rings (SSSR count). The highest BCUT2D eigenvalue weighted by Gasteiger charge is 1.91. The summed E-state index contributed by atoms with van der Waals surface area (Å²) >= 11 is 0. The Kier molecular flexibility index (Phi) is 5.37. The van der Waals surface area contributed by atoms with E-state index in [2.05, 4.69) is 15.1 Å². The summed E-state index contributed by atoms with van der Waals surface area (Å²) in [5, 5.41) is 0. The molecule has 0 atom stereocenters. The highest BCUT2D eigenvalue weighted by atomic mass is 16.6. The maximum absolute atomic E-state index is 10.4. The summed E-state index contributed by atoms with van der Waals surface area (Å²) in [6.45, 7) is -0.258. The number of nitrogens with one attached hydrogen (secondary N) is 1. The fourth-order valence-corrected chi connectivity index (χ4v) is 0.331. The van der Waals surface area contributed by atoms with Crippen molar-refractivity contribution >= 4 is 11.9 Å². The Morgan fingerprint density at radius 2 is 2.25 bits per heavy atom.